The van der Waals surface area contributed by atoms with Crippen molar-refractivity contribution < 1.29 is 19.0 Å². The number of carbonyl (C=O) groups is 3. The number of urea groups is 2. The Balaban J connectivity index is 1.91. The van der Waals surface area contributed by atoms with Crippen LogP contribution in [0, 0.1) is 0 Å². The minimum absolute atomic E-state index is 0.0284. The molecule has 0 radical (unpaired) electrons. The zero-order valence-electron chi connectivity index (χ0n) is 12.7. The third kappa shape index (κ3) is 3.10. The maximum atomic E-state index is 12.2. The maximum absolute atomic E-state index is 12.2. The Labute approximate surface area is 131 Å². The number of rotatable bonds is 4. The zero-order chi connectivity index (χ0) is 16.3. The van der Waals surface area contributed by atoms with Gasteiger partial charge in [0.15, 0.2) is 0 Å². The molecule has 0 aromatic carbocycles. The van der Waals surface area contributed by atoms with Crippen molar-refractivity contribution >= 4 is 27.4 Å². The van der Waals surface area contributed by atoms with Crippen LogP contribution in [0.15, 0.2) is 0 Å². The van der Waals surface area contributed by atoms with Crippen LogP contribution in [0.25, 0.3) is 0 Å². The van der Waals surface area contributed by atoms with E-state index >= 15 is 0 Å². The largest absolute Gasteiger partial charge is 0.345 e. The molecule has 0 aromatic heterocycles. The number of hydrazine groups is 1. The van der Waals surface area contributed by atoms with E-state index in [1.165, 1.54) is 9.96 Å². The number of hydroxylamine groups is 2. The fourth-order valence-electron chi connectivity index (χ4n) is 2.83. The first-order valence-electron chi connectivity index (χ1n) is 7.34. The van der Waals surface area contributed by atoms with E-state index in [4.69, 9.17) is 4.62 Å². The fourth-order valence-corrected chi connectivity index (χ4v) is 3.09. The van der Waals surface area contributed by atoms with Crippen LogP contribution in [0.3, 0.4) is 0 Å². The van der Waals surface area contributed by atoms with E-state index in [-0.39, 0.29) is 18.1 Å². The quantitative estimate of drug-likeness (QED) is 0.563. The molecule has 2 fully saturated rings. The van der Waals surface area contributed by atoms with E-state index < -0.39 is 11.9 Å². The average molecular weight is 331 g/mol. The van der Waals surface area contributed by atoms with Crippen LogP contribution >= 0.6 is 9.47 Å². The minimum atomic E-state index is -0.592. The zero-order valence-corrected chi connectivity index (χ0v) is 13.9. The van der Waals surface area contributed by atoms with Crippen LogP contribution in [0.1, 0.15) is 26.7 Å². The van der Waals surface area contributed by atoms with Crippen molar-refractivity contribution in [3.63, 3.8) is 0 Å². The second-order valence-corrected chi connectivity index (χ2v) is 5.42. The first-order valence-corrected chi connectivity index (χ1v) is 7.82. The number of nitrogens with zero attached hydrogens (tertiary/aromatic N) is 3. The van der Waals surface area contributed by atoms with E-state index in [0.29, 0.717) is 32.5 Å². The van der Waals surface area contributed by atoms with Crippen LogP contribution < -0.4 is 10.9 Å². The van der Waals surface area contributed by atoms with Gasteiger partial charge in [-0.25, -0.2) is 15.0 Å². The van der Waals surface area contributed by atoms with Crippen LogP contribution in [0.2, 0.25) is 0 Å². The molecule has 0 aromatic rings. The molecule has 3 atom stereocenters. The minimum Gasteiger partial charge on any atom is -0.324 e. The van der Waals surface area contributed by atoms with Crippen molar-refractivity contribution in [3.8, 4) is 0 Å². The van der Waals surface area contributed by atoms with Gasteiger partial charge < -0.3 is 9.80 Å². The third-order valence-corrected chi connectivity index (χ3v) is 4.31. The lowest BCUT2D eigenvalue weighted by molar-refractivity contribution is -0.126. The molecule has 9 nitrogen and oxygen atoms in total. The molecule has 22 heavy (non-hydrogen) atoms. The lowest BCUT2D eigenvalue weighted by Crippen LogP contribution is -2.56. The van der Waals surface area contributed by atoms with Gasteiger partial charge in [-0.05, 0) is 26.7 Å². The summed E-state index contributed by atoms with van der Waals surface area (Å²) in [6.07, 6.45) is 1.21. The highest BCUT2D eigenvalue weighted by Crippen LogP contribution is 2.30. The van der Waals surface area contributed by atoms with Gasteiger partial charge in [-0.1, -0.05) is 0 Å². The van der Waals surface area contributed by atoms with E-state index in [1.54, 1.807) is 4.90 Å². The Hall–Kier alpha value is -1.60. The molecule has 0 spiro atoms. The number of amides is 5. The Kier molecular flexibility index (Phi) is 5.42. The number of carbonyl (C=O) groups excluding carboxylic acids is 3. The Morgan fingerprint density at radius 1 is 1.32 bits per heavy atom. The summed E-state index contributed by atoms with van der Waals surface area (Å²) in [4.78, 5) is 39.2. The van der Waals surface area contributed by atoms with E-state index in [0.717, 1.165) is 0 Å². The lowest BCUT2D eigenvalue weighted by atomic mass is 10.0. The molecule has 124 valence electrons. The predicted molar refractivity (Wildman–Crippen MR) is 81.1 cm³/mol. The lowest BCUT2D eigenvalue weighted by Gasteiger charge is -2.29. The predicted octanol–water partition coefficient (Wildman–Crippen LogP) is 0.0593. The molecule has 2 aliphatic heterocycles. The molecule has 1 unspecified atom stereocenters. The third-order valence-electron chi connectivity index (χ3n) is 4.08. The van der Waals surface area contributed by atoms with Gasteiger partial charge in [0.05, 0.1) is 6.04 Å². The van der Waals surface area contributed by atoms with Crippen molar-refractivity contribution in [3.05, 3.63) is 0 Å². The van der Waals surface area contributed by atoms with Crippen LogP contribution in [-0.2, 0) is 9.42 Å². The van der Waals surface area contributed by atoms with Crippen molar-refractivity contribution in [2.24, 2.45) is 0 Å². The highest BCUT2D eigenvalue weighted by molar-refractivity contribution is 7.09. The van der Waals surface area contributed by atoms with Gasteiger partial charge in [0.1, 0.15) is 6.04 Å². The first kappa shape index (κ1) is 16.8. The molecular weight excluding hydrogens is 309 g/mol. The molecule has 0 saturated carbocycles. The van der Waals surface area contributed by atoms with E-state index in [1.807, 2.05) is 23.3 Å². The molecule has 2 saturated heterocycles. The fraction of sp³-hybridized carbons (Fsp3) is 0.750. The van der Waals surface area contributed by atoms with Gasteiger partial charge in [-0.15, -0.1) is 0 Å². The second kappa shape index (κ2) is 7.11. The Morgan fingerprint density at radius 3 is 2.59 bits per heavy atom. The smallest absolute Gasteiger partial charge is 0.324 e. The SMILES string of the molecule is CCN(CC)C(=O)NNC(=O)[C@@H]1CC[C@H]2CN1C(=O)N2OP. The summed E-state index contributed by atoms with van der Waals surface area (Å²) in [6, 6.07) is -1.31. The van der Waals surface area contributed by atoms with Crippen molar-refractivity contribution in [2.75, 3.05) is 19.6 Å². The summed E-state index contributed by atoms with van der Waals surface area (Å²) in [6.45, 7) is 5.26. The molecule has 2 bridgehead atoms. The number of hydrogen-bond donors (Lipinski definition) is 2. The summed E-state index contributed by atoms with van der Waals surface area (Å²) < 4.78 is 4.97. The monoisotopic (exact) mass is 331 g/mol. The molecule has 10 heteroatoms. The average Bonchev–Trinajstić information content (AvgIpc) is 2.77. The standard InChI is InChI=1S/C12H22N5O4P/c1-3-15(4-2)11(19)14-13-10(18)9-6-5-8-7-16(9)12(20)17(8)21-22/h8-9H,3-7,22H2,1-2H3,(H,13,18)(H,14,19)/t8-,9-/m0/s1. The molecule has 2 N–H and O–H groups in total. The summed E-state index contributed by atoms with van der Waals surface area (Å²) in [5.74, 6) is -0.391. The van der Waals surface area contributed by atoms with Gasteiger partial charge in [0.2, 0.25) is 0 Å². The number of hydrogen-bond acceptors (Lipinski definition) is 4. The maximum Gasteiger partial charge on any atom is 0.345 e. The summed E-state index contributed by atoms with van der Waals surface area (Å²) in [5.41, 5.74) is 4.78. The van der Waals surface area contributed by atoms with Gasteiger partial charge in [0, 0.05) is 29.1 Å². The number of fused-ring (bicyclic) bond motifs is 2. The van der Waals surface area contributed by atoms with Crippen molar-refractivity contribution in [2.45, 2.75) is 38.8 Å². The topological polar surface area (TPSA) is 94.2 Å². The van der Waals surface area contributed by atoms with Crippen LogP contribution in [-0.4, -0.2) is 64.6 Å². The van der Waals surface area contributed by atoms with Gasteiger partial charge in [-0.2, -0.15) is 5.06 Å². The second-order valence-electron chi connectivity index (χ2n) is 5.20. The highest BCUT2D eigenvalue weighted by atomic mass is 31.0. The molecule has 0 aliphatic carbocycles. The number of nitrogens with one attached hydrogen (secondary N) is 2. The Morgan fingerprint density at radius 2 is 2.00 bits per heavy atom. The number of piperidine rings is 1. The molecule has 2 aliphatic rings. The highest BCUT2D eigenvalue weighted by Gasteiger charge is 2.47. The van der Waals surface area contributed by atoms with Crippen molar-refractivity contribution in [1.82, 2.24) is 25.7 Å². The summed E-state index contributed by atoms with van der Waals surface area (Å²) in [5, 5.41) is 1.27. The molecule has 2 rings (SSSR count). The normalized spacial score (nSPS) is 23.5. The van der Waals surface area contributed by atoms with Gasteiger partial charge in [0.25, 0.3) is 5.91 Å². The van der Waals surface area contributed by atoms with Crippen LogP contribution in [0.5, 0.6) is 0 Å². The molecular formula is C12H22N5O4P. The van der Waals surface area contributed by atoms with Crippen molar-refractivity contribution in [1.29, 1.82) is 0 Å². The Bertz CT molecular complexity index is 459. The molecule has 5 amide bonds. The van der Waals surface area contributed by atoms with Gasteiger partial charge in [-0.3, -0.25) is 14.8 Å². The van der Waals surface area contributed by atoms with E-state index in [9.17, 15) is 14.4 Å². The molecule has 2 heterocycles. The summed E-state index contributed by atoms with van der Waals surface area (Å²) in [7, 11) is 2.05. The van der Waals surface area contributed by atoms with Crippen LogP contribution in [0.4, 0.5) is 9.59 Å². The summed E-state index contributed by atoms with van der Waals surface area (Å²) >= 11 is 0. The van der Waals surface area contributed by atoms with Gasteiger partial charge >= 0.3 is 12.1 Å². The first-order chi connectivity index (χ1) is 10.5. The van der Waals surface area contributed by atoms with E-state index in [2.05, 4.69) is 10.9 Å².